The summed E-state index contributed by atoms with van der Waals surface area (Å²) in [6, 6.07) is 0. The van der Waals surface area contributed by atoms with E-state index in [9.17, 15) is 0 Å². The average molecular weight is 236 g/mol. The van der Waals surface area contributed by atoms with Crippen molar-refractivity contribution in [2.24, 2.45) is 11.8 Å². The van der Waals surface area contributed by atoms with Gasteiger partial charge in [0.15, 0.2) is 0 Å². The number of nitrogens with zero attached hydrogens (tertiary/aromatic N) is 1. The number of hydrogen-bond acceptors (Lipinski definition) is 2. The molecule has 0 atom stereocenters. The van der Waals surface area contributed by atoms with Crippen LogP contribution in [0.15, 0.2) is 11.6 Å². The van der Waals surface area contributed by atoms with Gasteiger partial charge in [0.2, 0.25) is 0 Å². The molecule has 2 nitrogen and oxygen atoms in total. The van der Waals surface area contributed by atoms with E-state index in [2.05, 4.69) is 23.4 Å². The van der Waals surface area contributed by atoms with Crippen LogP contribution in [0.1, 0.15) is 51.9 Å². The van der Waals surface area contributed by atoms with Crippen LogP contribution in [0.25, 0.3) is 0 Å². The second-order valence-electron chi connectivity index (χ2n) is 5.65. The van der Waals surface area contributed by atoms with Crippen molar-refractivity contribution in [1.29, 1.82) is 0 Å². The highest BCUT2D eigenvalue weighted by Gasteiger charge is 2.23. The Morgan fingerprint density at radius 3 is 2.65 bits per heavy atom. The van der Waals surface area contributed by atoms with Gasteiger partial charge in [0, 0.05) is 13.1 Å². The first-order chi connectivity index (χ1) is 8.33. The zero-order valence-corrected chi connectivity index (χ0v) is 11.5. The van der Waals surface area contributed by atoms with E-state index >= 15 is 0 Å². The summed E-state index contributed by atoms with van der Waals surface area (Å²) in [5.74, 6) is 1.93. The summed E-state index contributed by atoms with van der Waals surface area (Å²) in [7, 11) is 2.04. The normalized spacial score (nSPS) is 32.0. The molecule has 1 N–H and O–H groups in total. The van der Waals surface area contributed by atoms with Gasteiger partial charge in [-0.2, -0.15) is 0 Å². The Hall–Kier alpha value is -0.340. The van der Waals surface area contributed by atoms with Crippen LogP contribution >= 0.6 is 0 Å². The maximum absolute atomic E-state index is 3.28. The molecule has 17 heavy (non-hydrogen) atoms. The molecule has 98 valence electrons. The van der Waals surface area contributed by atoms with Gasteiger partial charge in [0.1, 0.15) is 0 Å². The van der Waals surface area contributed by atoms with Gasteiger partial charge in [-0.1, -0.05) is 25.0 Å². The van der Waals surface area contributed by atoms with E-state index in [0.717, 1.165) is 11.8 Å². The van der Waals surface area contributed by atoms with Crippen molar-refractivity contribution in [3.63, 3.8) is 0 Å². The second-order valence-corrected chi connectivity index (χ2v) is 5.65. The van der Waals surface area contributed by atoms with Crippen molar-refractivity contribution >= 4 is 0 Å². The van der Waals surface area contributed by atoms with Crippen molar-refractivity contribution in [3.05, 3.63) is 11.6 Å². The van der Waals surface area contributed by atoms with Gasteiger partial charge >= 0.3 is 0 Å². The average Bonchev–Trinajstić information content (AvgIpc) is 2.64. The third kappa shape index (κ3) is 3.56. The van der Waals surface area contributed by atoms with Gasteiger partial charge in [-0.15, -0.1) is 0 Å². The molecule has 2 rings (SSSR count). The van der Waals surface area contributed by atoms with Gasteiger partial charge in [-0.25, -0.2) is 5.01 Å². The molecule has 1 fully saturated rings. The van der Waals surface area contributed by atoms with E-state index in [0.29, 0.717) is 0 Å². The Balaban J connectivity index is 1.84. The van der Waals surface area contributed by atoms with Gasteiger partial charge in [-0.05, 0) is 57.4 Å². The molecule has 1 aliphatic heterocycles. The predicted octanol–water partition coefficient (Wildman–Crippen LogP) is 3.36. The summed E-state index contributed by atoms with van der Waals surface area (Å²) < 4.78 is 0. The van der Waals surface area contributed by atoms with Crippen LogP contribution in [0, 0.1) is 11.8 Å². The van der Waals surface area contributed by atoms with Crippen molar-refractivity contribution in [1.82, 2.24) is 10.4 Å². The summed E-state index contributed by atoms with van der Waals surface area (Å²) in [4.78, 5) is 0. The molecular formula is C15H28N2. The minimum absolute atomic E-state index is 0.912. The molecule has 1 saturated carbocycles. The Morgan fingerprint density at radius 2 is 2.00 bits per heavy atom. The van der Waals surface area contributed by atoms with Gasteiger partial charge in [0.05, 0.1) is 0 Å². The maximum Gasteiger partial charge on any atom is 0.0168 e. The van der Waals surface area contributed by atoms with Crippen molar-refractivity contribution in [2.45, 2.75) is 51.9 Å². The maximum atomic E-state index is 3.28. The van der Waals surface area contributed by atoms with Crippen LogP contribution in [-0.2, 0) is 0 Å². The molecule has 1 heterocycles. The first-order valence-electron chi connectivity index (χ1n) is 7.44. The van der Waals surface area contributed by atoms with E-state index in [-0.39, 0.29) is 0 Å². The molecular weight excluding hydrogens is 208 g/mol. The lowest BCUT2D eigenvalue weighted by Crippen LogP contribution is -2.35. The highest BCUT2D eigenvalue weighted by Crippen LogP contribution is 2.36. The first kappa shape index (κ1) is 13.1. The molecule has 0 aromatic rings. The summed E-state index contributed by atoms with van der Waals surface area (Å²) in [6.45, 7) is 4.71. The Kier molecular flexibility index (Phi) is 5.05. The van der Waals surface area contributed by atoms with Crippen LogP contribution in [-0.4, -0.2) is 25.1 Å². The molecule has 0 radical (unpaired) electrons. The van der Waals surface area contributed by atoms with Crippen LogP contribution < -0.4 is 5.43 Å². The standard InChI is InChI=1S/C15H28N2/c1-3-13-6-8-15(9-7-13)14-5-4-11-17(16-2)12-10-14/h5,13,15-16H,3-4,6-12H2,1-2H3/t13-,15-. The zero-order chi connectivity index (χ0) is 12.1. The largest absolute Gasteiger partial charge is 0.258 e. The van der Waals surface area contributed by atoms with E-state index in [4.69, 9.17) is 0 Å². The van der Waals surface area contributed by atoms with Crippen molar-refractivity contribution in [3.8, 4) is 0 Å². The number of nitrogens with one attached hydrogen (secondary N) is 1. The van der Waals surface area contributed by atoms with E-state index in [1.807, 2.05) is 7.05 Å². The Labute approximate surface area is 106 Å². The molecule has 2 heteroatoms. The van der Waals surface area contributed by atoms with Crippen molar-refractivity contribution in [2.75, 3.05) is 20.1 Å². The quantitative estimate of drug-likeness (QED) is 0.756. The molecule has 0 spiro atoms. The van der Waals surface area contributed by atoms with Crippen LogP contribution in [0.5, 0.6) is 0 Å². The van der Waals surface area contributed by atoms with Crippen LogP contribution in [0.4, 0.5) is 0 Å². The first-order valence-corrected chi connectivity index (χ1v) is 7.44. The van der Waals surface area contributed by atoms with E-state index in [1.165, 1.54) is 58.0 Å². The monoisotopic (exact) mass is 236 g/mol. The zero-order valence-electron chi connectivity index (χ0n) is 11.5. The molecule has 0 saturated heterocycles. The van der Waals surface area contributed by atoms with Crippen LogP contribution in [0.3, 0.4) is 0 Å². The lowest BCUT2D eigenvalue weighted by atomic mass is 9.76. The molecule has 0 unspecified atom stereocenters. The Morgan fingerprint density at radius 1 is 1.24 bits per heavy atom. The topological polar surface area (TPSA) is 15.3 Å². The number of rotatable bonds is 3. The summed E-state index contributed by atoms with van der Waals surface area (Å²) in [6.07, 6.45) is 12.3. The predicted molar refractivity (Wildman–Crippen MR) is 73.7 cm³/mol. The summed E-state index contributed by atoms with van der Waals surface area (Å²) >= 11 is 0. The van der Waals surface area contributed by atoms with Crippen LogP contribution in [0.2, 0.25) is 0 Å². The lowest BCUT2D eigenvalue weighted by molar-refractivity contribution is 0.215. The fourth-order valence-corrected chi connectivity index (χ4v) is 3.42. The lowest BCUT2D eigenvalue weighted by Gasteiger charge is -2.29. The highest BCUT2D eigenvalue weighted by molar-refractivity contribution is 5.10. The summed E-state index contributed by atoms with van der Waals surface area (Å²) in [5.41, 5.74) is 5.04. The fourth-order valence-electron chi connectivity index (χ4n) is 3.42. The fraction of sp³-hybridized carbons (Fsp3) is 0.867. The molecule has 0 bridgehead atoms. The number of hydrazine groups is 1. The SMILES string of the molecule is CC[C@H]1CC[C@H](C2=CCCN(NC)CC2)CC1. The van der Waals surface area contributed by atoms with Gasteiger partial charge in [-0.3, -0.25) is 5.43 Å². The van der Waals surface area contributed by atoms with Gasteiger partial charge in [0.25, 0.3) is 0 Å². The summed E-state index contributed by atoms with van der Waals surface area (Å²) in [5, 5.41) is 2.35. The third-order valence-corrected chi connectivity index (χ3v) is 4.74. The minimum atomic E-state index is 0.912. The highest BCUT2D eigenvalue weighted by atomic mass is 15.5. The Bertz CT molecular complexity index is 252. The number of hydrogen-bond donors (Lipinski definition) is 1. The van der Waals surface area contributed by atoms with E-state index < -0.39 is 0 Å². The van der Waals surface area contributed by atoms with E-state index in [1.54, 1.807) is 5.57 Å². The van der Waals surface area contributed by atoms with Crippen molar-refractivity contribution < 1.29 is 0 Å². The minimum Gasteiger partial charge on any atom is -0.258 e. The molecule has 0 amide bonds. The molecule has 0 aromatic heterocycles. The molecule has 1 aliphatic carbocycles. The third-order valence-electron chi connectivity index (χ3n) is 4.74. The smallest absolute Gasteiger partial charge is 0.0168 e. The second kappa shape index (κ2) is 6.55. The van der Waals surface area contributed by atoms with Gasteiger partial charge < -0.3 is 0 Å². The molecule has 0 aromatic carbocycles. The molecule has 2 aliphatic rings.